The van der Waals surface area contributed by atoms with E-state index in [0.29, 0.717) is 5.95 Å². The summed E-state index contributed by atoms with van der Waals surface area (Å²) in [5, 5.41) is 22.5. The SMILES string of the molecule is CC(O)c1cccc(Nc2nccc(-c3ccc(C=Cc4cccc(O)c4)s3)n2)c1. The molecular formula is C24H21N3O2S. The Hall–Kier alpha value is -3.48. The lowest BCUT2D eigenvalue weighted by molar-refractivity contribution is 0.199. The lowest BCUT2D eigenvalue weighted by Gasteiger charge is -2.09. The molecule has 2 heterocycles. The van der Waals surface area contributed by atoms with Gasteiger partial charge in [-0.05, 0) is 66.6 Å². The molecule has 0 saturated heterocycles. The van der Waals surface area contributed by atoms with Crippen LogP contribution in [0, 0.1) is 0 Å². The van der Waals surface area contributed by atoms with Gasteiger partial charge in [-0.25, -0.2) is 9.97 Å². The number of nitrogens with one attached hydrogen (secondary N) is 1. The Balaban J connectivity index is 1.51. The second kappa shape index (κ2) is 8.90. The van der Waals surface area contributed by atoms with Crippen molar-refractivity contribution < 1.29 is 10.2 Å². The number of rotatable bonds is 6. The van der Waals surface area contributed by atoms with Gasteiger partial charge in [0.05, 0.1) is 16.7 Å². The van der Waals surface area contributed by atoms with Crippen molar-refractivity contribution in [3.8, 4) is 16.3 Å². The van der Waals surface area contributed by atoms with Gasteiger partial charge in [0.25, 0.3) is 0 Å². The summed E-state index contributed by atoms with van der Waals surface area (Å²) in [5.41, 5.74) is 3.43. The summed E-state index contributed by atoms with van der Waals surface area (Å²) in [6.07, 6.45) is 5.18. The molecule has 0 fully saturated rings. The minimum atomic E-state index is -0.531. The van der Waals surface area contributed by atoms with E-state index in [0.717, 1.165) is 32.3 Å². The van der Waals surface area contributed by atoms with Gasteiger partial charge in [-0.1, -0.05) is 30.3 Å². The number of benzene rings is 2. The molecular weight excluding hydrogens is 394 g/mol. The highest BCUT2D eigenvalue weighted by Crippen LogP contribution is 2.29. The standard InChI is InChI=1S/C24H21N3O2S/c1-16(28)18-5-3-6-19(15-18)26-24-25-13-12-22(27-24)23-11-10-21(30-23)9-8-17-4-2-7-20(29)14-17/h2-16,28-29H,1H3,(H,25,26,27). The average Bonchev–Trinajstić information content (AvgIpc) is 3.22. The van der Waals surface area contributed by atoms with Crippen molar-refractivity contribution >= 4 is 35.1 Å². The summed E-state index contributed by atoms with van der Waals surface area (Å²) >= 11 is 1.63. The van der Waals surface area contributed by atoms with Crippen molar-refractivity contribution in [2.75, 3.05) is 5.32 Å². The van der Waals surface area contributed by atoms with Gasteiger partial charge in [0.1, 0.15) is 5.75 Å². The molecule has 4 aromatic rings. The van der Waals surface area contributed by atoms with Gasteiger partial charge in [0.2, 0.25) is 5.95 Å². The zero-order chi connectivity index (χ0) is 20.9. The fourth-order valence-electron chi connectivity index (χ4n) is 2.95. The second-order valence-electron chi connectivity index (χ2n) is 6.82. The average molecular weight is 416 g/mol. The zero-order valence-corrected chi connectivity index (χ0v) is 17.2. The largest absolute Gasteiger partial charge is 0.508 e. The number of hydrogen-bond acceptors (Lipinski definition) is 6. The predicted octanol–water partition coefficient (Wildman–Crippen LogP) is 5.88. The van der Waals surface area contributed by atoms with Crippen molar-refractivity contribution in [2.24, 2.45) is 0 Å². The number of anilines is 2. The third kappa shape index (κ3) is 4.92. The monoisotopic (exact) mass is 415 g/mol. The molecule has 0 spiro atoms. The third-order valence-corrected chi connectivity index (χ3v) is 5.54. The van der Waals surface area contributed by atoms with Crippen molar-refractivity contribution in [1.29, 1.82) is 0 Å². The summed E-state index contributed by atoms with van der Waals surface area (Å²) in [4.78, 5) is 11.1. The Morgan fingerprint density at radius 3 is 2.70 bits per heavy atom. The maximum Gasteiger partial charge on any atom is 0.227 e. The first-order chi connectivity index (χ1) is 14.6. The van der Waals surface area contributed by atoms with Crippen molar-refractivity contribution in [1.82, 2.24) is 9.97 Å². The van der Waals surface area contributed by atoms with Gasteiger partial charge in [0.15, 0.2) is 0 Å². The summed E-state index contributed by atoms with van der Waals surface area (Å²) in [7, 11) is 0. The first kappa shape index (κ1) is 19.8. The number of aromatic hydroxyl groups is 1. The van der Waals surface area contributed by atoms with E-state index >= 15 is 0 Å². The predicted molar refractivity (Wildman–Crippen MR) is 123 cm³/mol. The Bertz CT molecular complexity index is 1180. The number of aromatic nitrogens is 2. The van der Waals surface area contributed by atoms with Crippen LogP contribution >= 0.6 is 11.3 Å². The lowest BCUT2D eigenvalue weighted by atomic mass is 10.1. The zero-order valence-electron chi connectivity index (χ0n) is 16.4. The molecule has 1 unspecified atom stereocenters. The molecule has 0 amide bonds. The van der Waals surface area contributed by atoms with E-state index in [-0.39, 0.29) is 5.75 Å². The Kier molecular flexibility index (Phi) is 5.88. The van der Waals surface area contributed by atoms with Crippen LogP contribution in [0.1, 0.15) is 29.0 Å². The van der Waals surface area contributed by atoms with E-state index in [9.17, 15) is 10.2 Å². The molecule has 1 atom stereocenters. The number of nitrogens with zero attached hydrogens (tertiary/aromatic N) is 2. The quantitative estimate of drug-likeness (QED) is 0.367. The van der Waals surface area contributed by atoms with E-state index in [1.165, 1.54) is 0 Å². The molecule has 0 radical (unpaired) electrons. The normalized spacial score (nSPS) is 12.2. The van der Waals surface area contributed by atoms with Gasteiger partial charge in [-0.2, -0.15) is 0 Å². The van der Waals surface area contributed by atoms with Crippen LogP contribution in [0.25, 0.3) is 22.7 Å². The smallest absolute Gasteiger partial charge is 0.227 e. The van der Waals surface area contributed by atoms with Crippen LogP contribution in [0.2, 0.25) is 0 Å². The lowest BCUT2D eigenvalue weighted by Crippen LogP contribution is -1.99. The molecule has 6 heteroatoms. The van der Waals surface area contributed by atoms with Crippen molar-refractivity contribution in [3.63, 3.8) is 0 Å². The minimum absolute atomic E-state index is 0.254. The van der Waals surface area contributed by atoms with Crippen LogP contribution in [0.3, 0.4) is 0 Å². The number of aliphatic hydroxyl groups excluding tert-OH is 1. The minimum Gasteiger partial charge on any atom is -0.508 e. The van der Waals surface area contributed by atoms with Gasteiger partial charge in [-0.3, -0.25) is 0 Å². The van der Waals surface area contributed by atoms with Crippen LogP contribution in [-0.2, 0) is 0 Å². The van der Waals surface area contributed by atoms with Crippen LogP contribution in [0.4, 0.5) is 11.6 Å². The molecule has 0 aliphatic carbocycles. The molecule has 0 aliphatic heterocycles. The molecule has 0 bridgehead atoms. The number of hydrogen-bond donors (Lipinski definition) is 3. The fraction of sp³-hybridized carbons (Fsp3) is 0.0833. The highest BCUT2D eigenvalue weighted by molar-refractivity contribution is 7.16. The van der Waals surface area contributed by atoms with Crippen LogP contribution in [0.15, 0.2) is 72.9 Å². The first-order valence-electron chi connectivity index (χ1n) is 9.52. The number of phenolic OH excluding ortho intramolecular Hbond substituents is 1. The van der Waals surface area contributed by atoms with Crippen LogP contribution in [0.5, 0.6) is 5.75 Å². The number of thiophene rings is 1. The summed E-state index contributed by atoms with van der Waals surface area (Å²) in [6, 6.07) is 20.7. The molecule has 5 nitrogen and oxygen atoms in total. The van der Waals surface area contributed by atoms with Crippen LogP contribution < -0.4 is 5.32 Å². The van der Waals surface area contributed by atoms with Crippen LogP contribution in [-0.4, -0.2) is 20.2 Å². The van der Waals surface area contributed by atoms with E-state index in [1.807, 2.05) is 66.7 Å². The van der Waals surface area contributed by atoms with E-state index in [2.05, 4.69) is 15.3 Å². The van der Waals surface area contributed by atoms with Gasteiger partial charge in [-0.15, -0.1) is 11.3 Å². The second-order valence-corrected chi connectivity index (χ2v) is 7.94. The number of aliphatic hydroxyl groups is 1. The molecule has 3 N–H and O–H groups in total. The number of phenols is 1. The Morgan fingerprint density at radius 1 is 1.00 bits per heavy atom. The van der Waals surface area contributed by atoms with E-state index < -0.39 is 6.10 Å². The topological polar surface area (TPSA) is 78.3 Å². The summed E-state index contributed by atoms with van der Waals surface area (Å²) < 4.78 is 0. The molecule has 150 valence electrons. The van der Waals surface area contributed by atoms with E-state index in [4.69, 9.17) is 0 Å². The van der Waals surface area contributed by atoms with Crippen molar-refractivity contribution in [2.45, 2.75) is 13.0 Å². The Labute approximate surface area is 179 Å². The Morgan fingerprint density at radius 2 is 1.87 bits per heavy atom. The summed E-state index contributed by atoms with van der Waals surface area (Å²) in [6.45, 7) is 1.74. The van der Waals surface area contributed by atoms with Crippen molar-refractivity contribution in [3.05, 3.63) is 88.9 Å². The molecule has 30 heavy (non-hydrogen) atoms. The van der Waals surface area contributed by atoms with Gasteiger partial charge < -0.3 is 15.5 Å². The van der Waals surface area contributed by atoms with Gasteiger partial charge in [0, 0.05) is 16.8 Å². The maximum absolute atomic E-state index is 9.76. The fourth-order valence-corrected chi connectivity index (χ4v) is 3.83. The maximum atomic E-state index is 9.76. The molecule has 4 rings (SSSR count). The molecule has 0 aliphatic rings. The molecule has 2 aromatic carbocycles. The first-order valence-corrected chi connectivity index (χ1v) is 10.3. The van der Waals surface area contributed by atoms with E-state index in [1.54, 1.807) is 36.6 Å². The molecule has 2 aromatic heterocycles. The van der Waals surface area contributed by atoms with Gasteiger partial charge >= 0.3 is 0 Å². The molecule has 0 saturated carbocycles. The summed E-state index contributed by atoms with van der Waals surface area (Å²) in [5.74, 6) is 0.754. The highest BCUT2D eigenvalue weighted by atomic mass is 32.1. The third-order valence-electron chi connectivity index (χ3n) is 4.47. The highest BCUT2D eigenvalue weighted by Gasteiger charge is 2.07.